The van der Waals surface area contributed by atoms with Crippen molar-refractivity contribution in [1.82, 2.24) is 9.88 Å². The van der Waals surface area contributed by atoms with Gasteiger partial charge >= 0.3 is 0 Å². The van der Waals surface area contributed by atoms with E-state index in [0.717, 1.165) is 31.5 Å². The van der Waals surface area contributed by atoms with Crippen molar-refractivity contribution in [1.29, 1.82) is 5.26 Å². The van der Waals surface area contributed by atoms with Crippen molar-refractivity contribution in [2.24, 2.45) is 0 Å². The van der Waals surface area contributed by atoms with E-state index in [-0.39, 0.29) is 12.5 Å². The highest BCUT2D eigenvalue weighted by molar-refractivity contribution is 6.04. The fourth-order valence-corrected chi connectivity index (χ4v) is 3.48. The van der Waals surface area contributed by atoms with E-state index in [4.69, 9.17) is 5.26 Å². The topological polar surface area (TPSA) is 89.2 Å². The third-order valence-corrected chi connectivity index (χ3v) is 4.95. The summed E-state index contributed by atoms with van der Waals surface area (Å²) in [5.41, 5.74) is 2.61. The minimum atomic E-state index is -0.204. The van der Waals surface area contributed by atoms with Gasteiger partial charge in [-0.15, -0.1) is 0 Å². The van der Waals surface area contributed by atoms with Crippen molar-refractivity contribution in [2.45, 2.75) is 38.3 Å². The van der Waals surface area contributed by atoms with E-state index in [1.165, 1.54) is 19.0 Å². The number of aromatic nitrogens is 1. The molecule has 2 aromatic rings. The summed E-state index contributed by atoms with van der Waals surface area (Å²) in [5, 5.41) is 20.8. The molecule has 2 heterocycles. The summed E-state index contributed by atoms with van der Waals surface area (Å²) in [6.45, 7) is 2.12. The molecule has 6 nitrogen and oxygen atoms in total. The van der Waals surface area contributed by atoms with Crippen LogP contribution in [0.5, 0.6) is 0 Å². The zero-order chi connectivity index (χ0) is 19.1. The molecule has 1 aliphatic heterocycles. The van der Waals surface area contributed by atoms with Gasteiger partial charge in [0, 0.05) is 24.8 Å². The molecule has 1 fully saturated rings. The Hall–Kier alpha value is -2.75. The SMILES string of the molecule is N#Cc1ccc(NC(=O)c2ccc(CN3CCCC[C@H]3CCO)cc2)cn1. The number of rotatable bonds is 6. The second-order valence-electron chi connectivity index (χ2n) is 6.83. The molecule has 27 heavy (non-hydrogen) atoms. The van der Waals surface area contributed by atoms with Gasteiger partial charge in [0.05, 0.1) is 11.9 Å². The van der Waals surface area contributed by atoms with Crippen molar-refractivity contribution in [3.05, 3.63) is 59.4 Å². The Morgan fingerprint density at radius 1 is 1.26 bits per heavy atom. The summed E-state index contributed by atoms with van der Waals surface area (Å²) < 4.78 is 0. The molecule has 1 saturated heterocycles. The van der Waals surface area contributed by atoms with Crippen LogP contribution in [0.2, 0.25) is 0 Å². The van der Waals surface area contributed by atoms with Crippen molar-refractivity contribution in [3.63, 3.8) is 0 Å². The van der Waals surface area contributed by atoms with Crippen LogP contribution in [0.25, 0.3) is 0 Å². The molecule has 0 radical (unpaired) electrons. The van der Waals surface area contributed by atoms with Gasteiger partial charge in [-0.25, -0.2) is 4.98 Å². The maximum absolute atomic E-state index is 12.4. The molecule has 0 spiro atoms. The molecule has 1 atom stereocenters. The Morgan fingerprint density at radius 3 is 2.74 bits per heavy atom. The van der Waals surface area contributed by atoms with E-state index < -0.39 is 0 Å². The molecule has 3 rings (SSSR count). The van der Waals surface area contributed by atoms with Gasteiger partial charge in [-0.1, -0.05) is 18.6 Å². The molecule has 1 aliphatic rings. The van der Waals surface area contributed by atoms with Gasteiger partial charge in [0.2, 0.25) is 0 Å². The maximum Gasteiger partial charge on any atom is 0.255 e. The molecule has 6 heteroatoms. The van der Waals surface area contributed by atoms with Crippen molar-refractivity contribution < 1.29 is 9.90 Å². The van der Waals surface area contributed by atoms with Gasteiger partial charge < -0.3 is 10.4 Å². The van der Waals surface area contributed by atoms with E-state index in [1.54, 1.807) is 12.1 Å². The van der Waals surface area contributed by atoms with Crippen LogP contribution in [-0.2, 0) is 6.54 Å². The van der Waals surface area contributed by atoms with Gasteiger partial charge in [-0.3, -0.25) is 9.69 Å². The number of hydrogen-bond acceptors (Lipinski definition) is 5. The third kappa shape index (κ3) is 5.13. The number of anilines is 1. The number of likely N-dealkylation sites (tertiary alicyclic amines) is 1. The summed E-state index contributed by atoms with van der Waals surface area (Å²) in [7, 11) is 0. The monoisotopic (exact) mass is 364 g/mol. The lowest BCUT2D eigenvalue weighted by molar-refractivity contribution is 0.102. The van der Waals surface area contributed by atoms with Crippen LogP contribution in [0.3, 0.4) is 0 Å². The van der Waals surface area contributed by atoms with Crippen LogP contribution in [0.1, 0.15) is 47.3 Å². The Balaban J connectivity index is 1.60. The number of carbonyl (C=O) groups excluding carboxylic acids is 1. The van der Waals surface area contributed by atoms with Crippen LogP contribution < -0.4 is 5.32 Å². The number of pyridine rings is 1. The van der Waals surface area contributed by atoms with Crippen LogP contribution in [-0.4, -0.2) is 40.1 Å². The average Bonchev–Trinajstić information content (AvgIpc) is 2.71. The normalized spacial score (nSPS) is 17.3. The molecule has 1 amide bonds. The highest BCUT2D eigenvalue weighted by Crippen LogP contribution is 2.22. The van der Waals surface area contributed by atoms with Gasteiger partial charge in [0.15, 0.2) is 0 Å². The fraction of sp³-hybridized carbons (Fsp3) is 0.381. The summed E-state index contributed by atoms with van der Waals surface area (Å²) in [4.78, 5) is 18.7. The fourth-order valence-electron chi connectivity index (χ4n) is 3.48. The summed E-state index contributed by atoms with van der Waals surface area (Å²) in [5.74, 6) is -0.204. The molecule has 1 aromatic carbocycles. The Kier molecular flexibility index (Phi) is 6.53. The second-order valence-corrected chi connectivity index (χ2v) is 6.83. The molecule has 0 unspecified atom stereocenters. The lowest BCUT2D eigenvalue weighted by Gasteiger charge is -2.35. The summed E-state index contributed by atoms with van der Waals surface area (Å²) in [6, 6.07) is 13.2. The minimum Gasteiger partial charge on any atom is -0.396 e. The average molecular weight is 364 g/mol. The molecule has 0 bridgehead atoms. The highest BCUT2D eigenvalue weighted by Gasteiger charge is 2.21. The van der Waals surface area contributed by atoms with Crippen molar-refractivity contribution >= 4 is 11.6 Å². The minimum absolute atomic E-state index is 0.204. The number of aliphatic hydroxyl groups excluding tert-OH is 1. The van der Waals surface area contributed by atoms with Crippen molar-refractivity contribution in [2.75, 3.05) is 18.5 Å². The molecule has 140 valence electrons. The molecule has 0 saturated carbocycles. The lowest BCUT2D eigenvalue weighted by atomic mass is 9.98. The number of hydrogen-bond donors (Lipinski definition) is 2. The first-order chi connectivity index (χ1) is 13.2. The second kappa shape index (κ2) is 9.26. The first kappa shape index (κ1) is 19.0. The van der Waals surface area contributed by atoms with Gasteiger partial charge in [0.25, 0.3) is 5.91 Å². The first-order valence-corrected chi connectivity index (χ1v) is 9.31. The standard InChI is InChI=1S/C21H24N4O2/c22-13-18-8-9-19(14-23-18)24-21(27)17-6-4-16(5-7-17)15-25-11-2-1-3-20(25)10-12-26/h4-9,14,20,26H,1-3,10-12,15H2,(H,24,27)/t20-/m0/s1. The van der Waals surface area contributed by atoms with Crippen LogP contribution in [0, 0.1) is 11.3 Å². The van der Waals surface area contributed by atoms with E-state index in [2.05, 4.69) is 15.2 Å². The smallest absolute Gasteiger partial charge is 0.255 e. The number of aliphatic hydroxyl groups is 1. The van der Waals surface area contributed by atoms with E-state index in [0.29, 0.717) is 23.0 Å². The van der Waals surface area contributed by atoms with Gasteiger partial charge in [-0.2, -0.15) is 5.26 Å². The Labute approximate surface area is 159 Å². The zero-order valence-corrected chi connectivity index (χ0v) is 15.3. The zero-order valence-electron chi connectivity index (χ0n) is 15.3. The van der Waals surface area contributed by atoms with E-state index >= 15 is 0 Å². The van der Waals surface area contributed by atoms with E-state index in [9.17, 15) is 9.90 Å². The molecular weight excluding hydrogens is 340 g/mol. The molecular formula is C21H24N4O2. The highest BCUT2D eigenvalue weighted by atomic mass is 16.3. The third-order valence-electron chi connectivity index (χ3n) is 4.95. The number of carbonyl (C=O) groups is 1. The predicted octanol–water partition coefficient (Wildman–Crippen LogP) is 2.94. The Bertz CT molecular complexity index is 794. The number of benzene rings is 1. The van der Waals surface area contributed by atoms with Gasteiger partial charge in [0.1, 0.15) is 11.8 Å². The van der Waals surface area contributed by atoms with Crippen molar-refractivity contribution in [3.8, 4) is 6.07 Å². The predicted molar refractivity (Wildman–Crippen MR) is 103 cm³/mol. The van der Waals surface area contributed by atoms with Crippen LogP contribution in [0.4, 0.5) is 5.69 Å². The summed E-state index contributed by atoms with van der Waals surface area (Å²) >= 11 is 0. The lowest BCUT2D eigenvalue weighted by Crippen LogP contribution is -2.39. The number of nitrogens with one attached hydrogen (secondary N) is 1. The largest absolute Gasteiger partial charge is 0.396 e. The molecule has 1 aromatic heterocycles. The number of piperidine rings is 1. The molecule has 0 aliphatic carbocycles. The van der Waals surface area contributed by atoms with Crippen LogP contribution >= 0.6 is 0 Å². The van der Waals surface area contributed by atoms with Crippen LogP contribution in [0.15, 0.2) is 42.6 Å². The van der Waals surface area contributed by atoms with E-state index in [1.807, 2.05) is 30.3 Å². The number of amides is 1. The van der Waals surface area contributed by atoms with Gasteiger partial charge in [-0.05, 0) is 55.6 Å². The molecule has 2 N–H and O–H groups in total. The maximum atomic E-state index is 12.4. The first-order valence-electron chi connectivity index (χ1n) is 9.31. The number of nitrogens with zero attached hydrogens (tertiary/aromatic N) is 3. The summed E-state index contributed by atoms with van der Waals surface area (Å²) in [6.07, 6.45) is 5.85. The quantitative estimate of drug-likeness (QED) is 0.823. The number of nitriles is 1. The Morgan fingerprint density at radius 2 is 2.07 bits per heavy atom.